The second-order valence-electron chi connectivity index (χ2n) is 5.73. The Balaban J connectivity index is 2.16. The molecule has 0 aliphatic carbocycles. The minimum Gasteiger partial charge on any atom is -0.493 e. The van der Waals surface area contributed by atoms with Gasteiger partial charge in [-0.2, -0.15) is 5.10 Å². The highest BCUT2D eigenvalue weighted by Crippen LogP contribution is 2.32. The van der Waals surface area contributed by atoms with Crippen LogP contribution in [-0.4, -0.2) is 38.4 Å². The zero-order chi connectivity index (χ0) is 22.1. The van der Waals surface area contributed by atoms with Crippen LogP contribution in [-0.2, 0) is 4.79 Å². The van der Waals surface area contributed by atoms with E-state index in [1.54, 1.807) is 36.4 Å². The summed E-state index contributed by atoms with van der Waals surface area (Å²) in [6.07, 6.45) is 3.00. The van der Waals surface area contributed by atoms with Crippen LogP contribution in [0.3, 0.4) is 0 Å². The van der Waals surface area contributed by atoms with Gasteiger partial charge < -0.3 is 19.9 Å². The molecule has 0 spiro atoms. The third kappa shape index (κ3) is 6.60. The zero-order valence-corrected chi connectivity index (χ0v) is 19.2. The number of amides is 2. The Morgan fingerprint density at radius 2 is 1.97 bits per heavy atom. The maximum atomic E-state index is 12.4. The Bertz CT molecular complexity index is 979. The summed E-state index contributed by atoms with van der Waals surface area (Å²) in [5.41, 5.74) is 8.41. The lowest BCUT2D eigenvalue weighted by Crippen LogP contribution is -2.21. The lowest BCUT2D eigenvalue weighted by molar-refractivity contribution is -0.119. The molecular formula is C20H19Br2N3O5. The molecule has 0 fully saturated rings. The van der Waals surface area contributed by atoms with E-state index in [2.05, 4.69) is 49.0 Å². The summed E-state index contributed by atoms with van der Waals surface area (Å²) >= 11 is 6.73. The van der Waals surface area contributed by atoms with Gasteiger partial charge in [0.2, 0.25) is 0 Å². The Hall–Kier alpha value is -2.85. The number of methoxy groups -OCH3 is 1. The summed E-state index contributed by atoms with van der Waals surface area (Å²) in [6.45, 7) is 3.61. The second-order valence-corrected chi connectivity index (χ2v) is 7.50. The number of nitrogens with two attached hydrogens (primary N) is 1. The fourth-order valence-corrected chi connectivity index (χ4v) is 3.65. The molecule has 0 saturated carbocycles. The molecule has 2 aromatic rings. The zero-order valence-electron chi connectivity index (χ0n) is 16.0. The van der Waals surface area contributed by atoms with Gasteiger partial charge in [0, 0.05) is 15.6 Å². The van der Waals surface area contributed by atoms with Crippen molar-refractivity contribution in [3.05, 3.63) is 63.1 Å². The maximum Gasteiger partial charge on any atom is 0.271 e. The van der Waals surface area contributed by atoms with E-state index in [4.69, 9.17) is 19.9 Å². The van der Waals surface area contributed by atoms with Crippen molar-refractivity contribution in [2.75, 3.05) is 20.3 Å². The molecular weight excluding hydrogens is 522 g/mol. The number of primary amides is 1. The van der Waals surface area contributed by atoms with Gasteiger partial charge in [-0.3, -0.25) is 9.59 Å². The van der Waals surface area contributed by atoms with Gasteiger partial charge in [-0.15, -0.1) is 0 Å². The number of halogens is 2. The summed E-state index contributed by atoms with van der Waals surface area (Å²) in [4.78, 5) is 23.4. The topological polar surface area (TPSA) is 112 Å². The molecule has 0 saturated heterocycles. The van der Waals surface area contributed by atoms with E-state index >= 15 is 0 Å². The number of carbonyl (C=O) groups is 2. The quantitative estimate of drug-likeness (QED) is 0.272. The Labute approximate surface area is 190 Å². The molecule has 0 bridgehead atoms. The van der Waals surface area contributed by atoms with Gasteiger partial charge in [0.15, 0.2) is 18.1 Å². The van der Waals surface area contributed by atoms with Crippen LogP contribution in [0.15, 0.2) is 57.0 Å². The highest BCUT2D eigenvalue weighted by atomic mass is 79.9. The summed E-state index contributed by atoms with van der Waals surface area (Å²) in [5, 5.41) is 3.97. The average Bonchev–Trinajstić information content (AvgIpc) is 2.71. The molecule has 0 atom stereocenters. The Morgan fingerprint density at radius 1 is 1.20 bits per heavy atom. The SMILES string of the molecule is C=CCOc1ccc(C(=O)N/N=C/c2cc(Br)cc(Br)c2OCC(N)=O)cc1OC. The van der Waals surface area contributed by atoms with Gasteiger partial charge in [-0.25, -0.2) is 5.43 Å². The fraction of sp³-hybridized carbons (Fsp3) is 0.150. The predicted octanol–water partition coefficient (Wildman–Crippen LogP) is 3.41. The summed E-state index contributed by atoms with van der Waals surface area (Å²) in [5.74, 6) is 0.198. The first-order chi connectivity index (χ1) is 14.3. The first-order valence-electron chi connectivity index (χ1n) is 8.51. The van der Waals surface area contributed by atoms with Crippen LogP contribution in [0.5, 0.6) is 17.2 Å². The number of nitrogens with one attached hydrogen (secondary N) is 1. The number of hydrogen-bond donors (Lipinski definition) is 2. The number of hydrazone groups is 1. The third-order valence-electron chi connectivity index (χ3n) is 3.55. The van der Waals surface area contributed by atoms with E-state index in [0.29, 0.717) is 39.5 Å². The third-order valence-corrected chi connectivity index (χ3v) is 4.59. The van der Waals surface area contributed by atoms with Gasteiger partial charge in [-0.05, 0) is 46.3 Å². The molecule has 10 heteroatoms. The normalized spacial score (nSPS) is 10.5. The summed E-state index contributed by atoms with van der Waals surface area (Å²) in [7, 11) is 1.48. The first kappa shape index (κ1) is 23.4. The van der Waals surface area contributed by atoms with E-state index < -0.39 is 11.8 Å². The van der Waals surface area contributed by atoms with Crippen LogP contribution in [0.2, 0.25) is 0 Å². The highest BCUT2D eigenvalue weighted by molar-refractivity contribution is 9.11. The van der Waals surface area contributed by atoms with Crippen molar-refractivity contribution in [2.24, 2.45) is 10.8 Å². The van der Waals surface area contributed by atoms with Gasteiger partial charge >= 0.3 is 0 Å². The van der Waals surface area contributed by atoms with Crippen LogP contribution in [0.25, 0.3) is 0 Å². The molecule has 0 unspecified atom stereocenters. The van der Waals surface area contributed by atoms with Crippen LogP contribution >= 0.6 is 31.9 Å². The number of ether oxygens (including phenoxy) is 3. The van der Waals surface area contributed by atoms with Crippen molar-refractivity contribution in [1.82, 2.24) is 5.43 Å². The highest BCUT2D eigenvalue weighted by Gasteiger charge is 2.12. The minimum absolute atomic E-state index is 0.298. The van der Waals surface area contributed by atoms with Gasteiger partial charge in [-0.1, -0.05) is 28.6 Å². The van der Waals surface area contributed by atoms with Crippen molar-refractivity contribution < 1.29 is 23.8 Å². The van der Waals surface area contributed by atoms with E-state index in [9.17, 15) is 9.59 Å². The number of rotatable bonds is 10. The largest absolute Gasteiger partial charge is 0.493 e. The first-order valence-corrected chi connectivity index (χ1v) is 10.1. The second kappa shape index (κ2) is 11.4. The molecule has 3 N–H and O–H groups in total. The van der Waals surface area contributed by atoms with Crippen molar-refractivity contribution in [1.29, 1.82) is 0 Å². The van der Waals surface area contributed by atoms with E-state index in [1.165, 1.54) is 13.3 Å². The lowest BCUT2D eigenvalue weighted by Gasteiger charge is -2.11. The molecule has 2 aromatic carbocycles. The lowest BCUT2D eigenvalue weighted by atomic mass is 10.2. The van der Waals surface area contributed by atoms with E-state index in [1.807, 2.05) is 0 Å². The number of hydrogen-bond acceptors (Lipinski definition) is 6. The van der Waals surface area contributed by atoms with Crippen molar-refractivity contribution >= 4 is 49.9 Å². The number of nitrogens with zero attached hydrogens (tertiary/aromatic N) is 1. The molecule has 0 aromatic heterocycles. The van der Waals surface area contributed by atoms with E-state index in [0.717, 1.165) is 4.47 Å². The monoisotopic (exact) mass is 539 g/mol. The standard InChI is InChI=1S/C20H19Br2N3O5/c1-3-6-29-16-5-4-12(8-17(16)28-2)20(27)25-24-10-13-7-14(21)9-15(22)19(13)30-11-18(23)26/h3-5,7-10H,1,6,11H2,2H3,(H2,23,26)(H,25,27)/b24-10+. The van der Waals surface area contributed by atoms with E-state index in [-0.39, 0.29) is 6.61 Å². The molecule has 8 nitrogen and oxygen atoms in total. The molecule has 158 valence electrons. The van der Waals surface area contributed by atoms with Crippen LogP contribution in [0.4, 0.5) is 0 Å². The summed E-state index contributed by atoms with van der Waals surface area (Å²) < 4.78 is 17.5. The van der Waals surface area contributed by atoms with Gasteiger partial charge in [0.25, 0.3) is 11.8 Å². The molecule has 0 aliphatic rings. The van der Waals surface area contributed by atoms with Crippen molar-refractivity contribution in [2.45, 2.75) is 0 Å². The van der Waals surface area contributed by atoms with Gasteiger partial charge in [0.1, 0.15) is 12.4 Å². The molecule has 30 heavy (non-hydrogen) atoms. The van der Waals surface area contributed by atoms with Crippen LogP contribution in [0.1, 0.15) is 15.9 Å². The Kier molecular flexibility index (Phi) is 8.88. The molecule has 0 aliphatic heterocycles. The molecule has 2 rings (SSSR count). The van der Waals surface area contributed by atoms with Crippen LogP contribution < -0.4 is 25.4 Å². The van der Waals surface area contributed by atoms with Gasteiger partial charge in [0.05, 0.1) is 17.8 Å². The molecule has 2 amide bonds. The Morgan fingerprint density at radius 3 is 2.63 bits per heavy atom. The smallest absolute Gasteiger partial charge is 0.271 e. The van der Waals surface area contributed by atoms with Crippen molar-refractivity contribution in [3.63, 3.8) is 0 Å². The predicted molar refractivity (Wildman–Crippen MR) is 120 cm³/mol. The van der Waals surface area contributed by atoms with Crippen LogP contribution in [0, 0.1) is 0 Å². The minimum atomic E-state index is -0.615. The average molecular weight is 541 g/mol. The molecule has 0 heterocycles. The fourth-order valence-electron chi connectivity index (χ4n) is 2.27. The maximum absolute atomic E-state index is 12.4. The van der Waals surface area contributed by atoms with Crippen molar-refractivity contribution in [3.8, 4) is 17.2 Å². The number of benzene rings is 2. The molecule has 0 radical (unpaired) electrons. The summed E-state index contributed by atoms with van der Waals surface area (Å²) in [6, 6.07) is 8.21. The number of carbonyl (C=O) groups excluding carboxylic acids is 2.